The van der Waals surface area contributed by atoms with E-state index in [0.29, 0.717) is 18.0 Å². The lowest BCUT2D eigenvalue weighted by atomic mass is 9.97. The van der Waals surface area contributed by atoms with Crippen molar-refractivity contribution in [1.82, 2.24) is 10.2 Å². The molecule has 1 aliphatic rings. The van der Waals surface area contributed by atoms with Gasteiger partial charge in [-0.25, -0.2) is 8.78 Å². The van der Waals surface area contributed by atoms with Crippen molar-refractivity contribution in [2.24, 2.45) is 5.92 Å². The van der Waals surface area contributed by atoms with E-state index in [4.69, 9.17) is 0 Å². The fourth-order valence-corrected chi connectivity index (χ4v) is 2.84. The number of halogens is 2. The molecule has 1 heterocycles. The summed E-state index contributed by atoms with van der Waals surface area (Å²) in [4.78, 5) is 2.28. The van der Waals surface area contributed by atoms with E-state index in [1.165, 1.54) is 12.5 Å². The minimum Gasteiger partial charge on any atom is -0.316 e. The van der Waals surface area contributed by atoms with Gasteiger partial charge in [-0.2, -0.15) is 0 Å². The van der Waals surface area contributed by atoms with Gasteiger partial charge in [-0.05, 0) is 50.9 Å². The number of nitrogens with one attached hydrogen (secondary N) is 1. The standard InChI is InChI=1S/C16H24F2N2/c1-2-7-19-10-13-4-3-8-20(11-13)12-14-5-6-15(17)9-16(14)18/h5-6,9,13,19H,2-4,7-8,10-12H2,1H3. The van der Waals surface area contributed by atoms with Crippen LogP contribution in [0.2, 0.25) is 0 Å². The molecule has 1 aromatic carbocycles. The van der Waals surface area contributed by atoms with Crippen molar-refractivity contribution in [1.29, 1.82) is 0 Å². The van der Waals surface area contributed by atoms with Crippen LogP contribution < -0.4 is 5.32 Å². The van der Waals surface area contributed by atoms with Crippen molar-refractivity contribution in [3.05, 3.63) is 35.4 Å². The molecule has 0 aliphatic carbocycles. The molecule has 1 unspecified atom stereocenters. The Morgan fingerprint density at radius 1 is 1.35 bits per heavy atom. The van der Waals surface area contributed by atoms with Gasteiger partial charge in [0.15, 0.2) is 0 Å². The van der Waals surface area contributed by atoms with Gasteiger partial charge in [0.25, 0.3) is 0 Å². The molecule has 0 aromatic heterocycles. The van der Waals surface area contributed by atoms with Crippen LogP contribution in [0.4, 0.5) is 8.78 Å². The number of benzene rings is 1. The van der Waals surface area contributed by atoms with Crippen LogP contribution >= 0.6 is 0 Å². The predicted octanol–water partition coefficient (Wildman–Crippen LogP) is 3.18. The molecule has 0 amide bonds. The zero-order chi connectivity index (χ0) is 14.4. The minimum atomic E-state index is -0.508. The zero-order valence-electron chi connectivity index (χ0n) is 12.2. The Morgan fingerprint density at radius 2 is 2.20 bits per heavy atom. The molecule has 0 radical (unpaired) electrons. The number of nitrogens with zero attached hydrogens (tertiary/aromatic N) is 1. The maximum Gasteiger partial charge on any atom is 0.130 e. The first-order chi connectivity index (χ1) is 9.69. The topological polar surface area (TPSA) is 15.3 Å². The zero-order valence-corrected chi connectivity index (χ0v) is 12.2. The maximum atomic E-state index is 13.7. The molecular formula is C16H24F2N2. The van der Waals surface area contributed by atoms with Gasteiger partial charge < -0.3 is 5.32 Å². The third-order valence-corrected chi connectivity index (χ3v) is 3.87. The van der Waals surface area contributed by atoms with Crippen LogP contribution in [0.15, 0.2) is 18.2 Å². The highest BCUT2D eigenvalue weighted by molar-refractivity contribution is 5.18. The molecule has 4 heteroatoms. The maximum absolute atomic E-state index is 13.7. The quantitative estimate of drug-likeness (QED) is 0.806. The van der Waals surface area contributed by atoms with E-state index < -0.39 is 11.6 Å². The van der Waals surface area contributed by atoms with Gasteiger partial charge in [0.2, 0.25) is 0 Å². The second-order valence-electron chi connectivity index (χ2n) is 5.68. The molecule has 1 aliphatic heterocycles. The molecule has 2 nitrogen and oxygen atoms in total. The number of likely N-dealkylation sites (tertiary alicyclic amines) is 1. The molecule has 1 saturated heterocycles. The SMILES string of the molecule is CCCNCC1CCCN(Cc2ccc(F)cc2F)C1. The van der Waals surface area contributed by atoms with E-state index in [9.17, 15) is 8.78 Å². The van der Waals surface area contributed by atoms with Crippen LogP contribution in [0.3, 0.4) is 0 Å². The Morgan fingerprint density at radius 3 is 2.95 bits per heavy atom. The van der Waals surface area contributed by atoms with Gasteiger partial charge in [-0.3, -0.25) is 4.90 Å². The molecule has 1 N–H and O–H groups in total. The predicted molar refractivity (Wildman–Crippen MR) is 77.5 cm³/mol. The molecular weight excluding hydrogens is 258 g/mol. The van der Waals surface area contributed by atoms with E-state index in [-0.39, 0.29) is 0 Å². The van der Waals surface area contributed by atoms with E-state index in [2.05, 4.69) is 17.1 Å². The number of hydrogen-bond donors (Lipinski definition) is 1. The molecule has 20 heavy (non-hydrogen) atoms. The van der Waals surface area contributed by atoms with Crippen LogP contribution in [0.1, 0.15) is 31.7 Å². The highest BCUT2D eigenvalue weighted by Crippen LogP contribution is 2.19. The van der Waals surface area contributed by atoms with E-state index in [0.717, 1.165) is 45.1 Å². The molecule has 0 spiro atoms. The number of piperidine rings is 1. The Labute approximate surface area is 120 Å². The first-order valence-corrected chi connectivity index (χ1v) is 7.56. The van der Waals surface area contributed by atoms with Crippen LogP contribution in [0.25, 0.3) is 0 Å². The third kappa shape index (κ3) is 4.53. The van der Waals surface area contributed by atoms with Crippen molar-refractivity contribution < 1.29 is 8.78 Å². The summed E-state index contributed by atoms with van der Waals surface area (Å²) in [5.74, 6) is -0.304. The third-order valence-electron chi connectivity index (χ3n) is 3.87. The largest absolute Gasteiger partial charge is 0.316 e. The normalized spacial score (nSPS) is 20.2. The second kappa shape index (κ2) is 7.70. The van der Waals surface area contributed by atoms with Crippen LogP contribution in [0.5, 0.6) is 0 Å². The van der Waals surface area contributed by atoms with Crippen molar-refractivity contribution in [3.63, 3.8) is 0 Å². The summed E-state index contributed by atoms with van der Waals surface area (Å²) < 4.78 is 26.6. The summed E-state index contributed by atoms with van der Waals surface area (Å²) in [5.41, 5.74) is 0.591. The average molecular weight is 282 g/mol. The minimum absolute atomic E-state index is 0.434. The highest BCUT2D eigenvalue weighted by Gasteiger charge is 2.20. The van der Waals surface area contributed by atoms with E-state index >= 15 is 0 Å². The Bertz CT molecular complexity index is 423. The summed E-state index contributed by atoms with van der Waals surface area (Å²) in [6.07, 6.45) is 3.54. The fourth-order valence-electron chi connectivity index (χ4n) is 2.84. The van der Waals surface area contributed by atoms with Crippen molar-refractivity contribution >= 4 is 0 Å². The molecule has 1 atom stereocenters. The summed E-state index contributed by atoms with van der Waals surface area (Å²) in [6.45, 7) is 6.84. The summed E-state index contributed by atoms with van der Waals surface area (Å²) >= 11 is 0. The Kier molecular flexibility index (Phi) is 5.92. The molecule has 1 aromatic rings. The van der Waals surface area contributed by atoms with Crippen LogP contribution in [-0.4, -0.2) is 31.1 Å². The number of rotatable bonds is 6. The van der Waals surface area contributed by atoms with Crippen LogP contribution in [0, 0.1) is 17.6 Å². The first kappa shape index (κ1) is 15.4. The summed E-state index contributed by atoms with van der Waals surface area (Å²) in [7, 11) is 0. The monoisotopic (exact) mass is 282 g/mol. The molecule has 0 saturated carbocycles. The van der Waals surface area contributed by atoms with Crippen molar-refractivity contribution in [2.75, 3.05) is 26.2 Å². The van der Waals surface area contributed by atoms with Gasteiger partial charge in [-0.15, -0.1) is 0 Å². The van der Waals surface area contributed by atoms with E-state index in [1.807, 2.05) is 0 Å². The average Bonchev–Trinajstić information content (AvgIpc) is 2.43. The van der Waals surface area contributed by atoms with Crippen molar-refractivity contribution in [2.45, 2.75) is 32.7 Å². The highest BCUT2D eigenvalue weighted by atomic mass is 19.1. The summed E-state index contributed by atoms with van der Waals surface area (Å²) in [5, 5.41) is 3.46. The lowest BCUT2D eigenvalue weighted by Crippen LogP contribution is -2.39. The molecule has 1 fully saturated rings. The van der Waals surface area contributed by atoms with Gasteiger partial charge in [0.1, 0.15) is 11.6 Å². The van der Waals surface area contributed by atoms with Crippen molar-refractivity contribution in [3.8, 4) is 0 Å². The second-order valence-corrected chi connectivity index (χ2v) is 5.68. The van der Waals surface area contributed by atoms with Crippen LogP contribution in [-0.2, 0) is 6.54 Å². The molecule has 2 rings (SSSR count). The fraction of sp³-hybridized carbons (Fsp3) is 0.625. The lowest BCUT2D eigenvalue weighted by Gasteiger charge is -2.33. The van der Waals surface area contributed by atoms with Gasteiger partial charge in [0.05, 0.1) is 0 Å². The summed E-state index contributed by atoms with van der Waals surface area (Å²) in [6, 6.07) is 3.87. The lowest BCUT2D eigenvalue weighted by molar-refractivity contribution is 0.164. The van der Waals surface area contributed by atoms with Gasteiger partial charge >= 0.3 is 0 Å². The van der Waals surface area contributed by atoms with E-state index in [1.54, 1.807) is 6.07 Å². The Balaban J connectivity index is 1.86. The smallest absolute Gasteiger partial charge is 0.130 e. The first-order valence-electron chi connectivity index (χ1n) is 7.56. The van der Waals surface area contributed by atoms with Gasteiger partial charge in [0, 0.05) is 24.7 Å². The molecule has 112 valence electrons. The van der Waals surface area contributed by atoms with Gasteiger partial charge in [-0.1, -0.05) is 13.0 Å². The number of hydrogen-bond acceptors (Lipinski definition) is 2. The molecule has 0 bridgehead atoms. The Hall–Kier alpha value is -1.00.